The van der Waals surface area contributed by atoms with Crippen molar-refractivity contribution in [3.8, 4) is 11.5 Å². The maximum absolute atomic E-state index is 12.1. The number of amides is 1. The molecule has 1 aliphatic rings. The predicted octanol–water partition coefficient (Wildman–Crippen LogP) is 3.80. The van der Waals surface area contributed by atoms with Crippen molar-refractivity contribution >= 4 is 23.2 Å². The monoisotopic (exact) mass is 410 g/mol. The summed E-state index contributed by atoms with van der Waals surface area (Å²) in [5.74, 6) is 2.24. The average Bonchev–Trinajstić information content (AvgIpc) is 2.78. The van der Waals surface area contributed by atoms with Gasteiger partial charge in [-0.15, -0.1) is 0 Å². The smallest absolute Gasteiger partial charge is 0.226 e. The van der Waals surface area contributed by atoms with E-state index in [2.05, 4.69) is 15.6 Å². The highest BCUT2D eigenvalue weighted by Gasteiger charge is 2.19. The van der Waals surface area contributed by atoms with Crippen LogP contribution < -0.4 is 25.0 Å². The summed E-state index contributed by atoms with van der Waals surface area (Å²) >= 11 is 0. The first kappa shape index (κ1) is 21.5. The molecular formula is C23H30N4O3. The number of benzene rings is 2. The third kappa shape index (κ3) is 5.43. The lowest BCUT2D eigenvalue weighted by molar-refractivity contribution is -0.119. The molecule has 30 heavy (non-hydrogen) atoms. The van der Waals surface area contributed by atoms with Gasteiger partial charge in [0.2, 0.25) is 5.91 Å². The van der Waals surface area contributed by atoms with Crippen LogP contribution in [0.5, 0.6) is 11.5 Å². The lowest BCUT2D eigenvalue weighted by atomic mass is 10.1. The van der Waals surface area contributed by atoms with E-state index < -0.39 is 0 Å². The first-order valence-corrected chi connectivity index (χ1v) is 10.3. The van der Waals surface area contributed by atoms with Crippen LogP contribution in [-0.2, 0) is 11.3 Å². The van der Waals surface area contributed by atoms with Crippen molar-refractivity contribution in [3.05, 3.63) is 48.0 Å². The SMILES string of the molecule is CCOc1cc(NC(=NC)NCc2ccc(N3CCCCC3=O)cc2)ccc1OC. The molecule has 160 valence electrons. The molecule has 0 aliphatic carbocycles. The number of hydrogen-bond donors (Lipinski definition) is 2. The van der Waals surface area contributed by atoms with Crippen molar-refractivity contribution in [2.45, 2.75) is 32.7 Å². The summed E-state index contributed by atoms with van der Waals surface area (Å²) in [5.41, 5.74) is 2.93. The van der Waals surface area contributed by atoms with E-state index in [0.717, 1.165) is 36.3 Å². The van der Waals surface area contributed by atoms with Crippen LogP contribution in [0.15, 0.2) is 47.5 Å². The van der Waals surface area contributed by atoms with E-state index in [0.29, 0.717) is 37.0 Å². The number of nitrogens with one attached hydrogen (secondary N) is 2. The molecule has 1 amide bonds. The molecule has 0 radical (unpaired) electrons. The van der Waals surface area contributed by atoms with Gasteiger partial charge in [-0.05, 0) is 49.6 Å². The van der Waals surface area contributed by atoms with Gasteiger partial charge in [0.25, 0.3) is 0 Å². The Kier molecular flexibility index (Phi) is 7.54. The highest BCUT2D eigenvalue weighted by molar-refractivity contribution is 5.94. The van der Waals surface area contributed by atoms with Crippen LogP contribution in [0.3, 0.4) is 0 Å². The van der Waals surface area contributed by atoms with Gasteiger partial charge in [0, 0.05) is 44.0 Å². The summed E-state index contributed by atoms with van der Waals surface area (Å²) in [7, 11) is 3.35. The van der Waals surface area contributed by atoms with E-state index in [-0.39, 0.29) is 5.91 Å². The van der Waals surface area contributed by atoms with Gasteiger partial charge in [0.1, 0.15) is 0 Å². The molecule has 7 heteroatoms. The second-order valence-electron chi connectivity index (χ2n) is 7.02. The highest BCUT2D eigenvalue weighted by Crippen LogP contribution is 2.30. The molecule has 1 heterocycles. The van der Waals surface area contributed by atoms with Gasteiger partial charge < -0.3 is 25.0 Å². The molecule has 2 aromatic rings. The Morgan fingerprint density at radius 1 is 1.13 bits per heavy atom. The van der Waals surface area contributed by atoms with Crippen molar-refractivity contribution in [1.29, 1.82) is 0 Å². The first-order valence-electron chi connectivity index (χ1n) is 10.3. The molecule has 2 N–H and O–H groups in total. The van der Waals surface area contributed by atoms with E-state index in [9.17, 15) is 4.79 Å². The summed E-state index contributed by atoms with van der Waals surface area (Å²) in [6.45, 7) is 3.92. The summed E-state index contributed by atoms with van der Waals surface area (Å²) in [6.07, 6.45) is 2.69. The topological polar surface area (TPSA) is 75.2 Å². The number of hydrogen-bond acceptors (Lipinski definition) is 4. The van der Waals surface area contributed by atoms with E-state index in [1.54, 1.807) is 14.2 Å². The molecular weight excluding hydrogens is 380 g/mol. The number of carbonyl (C=O) groups is 1. The normalized spacial score (nSPS) is 14.4. The van der Waals surface area contributed by atoms with Crippen LogP contribution in [0.1, 0.15) is 31.7 Å². The third-order valence-electron chi connectivity index (χ3n) is 4.98. The molecule has 3 rings (SSSR count). The van der Waals surface area contributed by atoms with Gasteiger partial charge >= 0.3 is 0 Å². The third-order valence-corrected chi connectivity index (χ3v) is 4.98. The fraction of sp³-hybridized carbons (Fsp3) is 0.391. The lowest BCUT2D eigenvalue weighted by Gasteiger charge is -2.26. The molecule has 1 aliphatic heterocycles. The summed E-state index contributed by atoms with van der Waals surface area (Å²) < 4.78 is 11.0. The Bertz CT molecular complexity index is 881. The van der Waals surface area contributed by atoms with Crippen LogP contribution in [-0.4, -0.2) is 39.2 Å². The van der Waals surface area contributed by atoms with Gasteiger partial charge in [-0.25, -0.2) is 0 Å². The number of carbonyl (C=O) groups excluding carboxylic acids is 1. The molecule has 0 aromatic heterocycles. The minimum absolute atomic E-state index is 0.211. The highest BCUT2D eigenvalue weighted by atomic mass is 16.5. The van der Waals surface area contributed by atoms with Gasteiger partial charge in [-0.1, -0.05) is 12.1 Å². The number of piperidine rings is 1. The van der Waals surface area contributed by atoms with Crippen LogP contribution >= 0.6 is 0 Å². The molecule has 1 fully saturated rings. The Morgan fingerprint density at radius 2 is 1.93 bits per heavy atom. The Morgan fingerprint density at radius 3 is 2.60 bits per heavy atom. The minimum Gasteiger partial charge on any atom is -0.493 e. The zero-order valence-corrected chi connectivity index (χ0v) is 17.9. The molecule has 0 atom stereocenters. The fourth-order valence-electron chi connectivity index (χ4n) is 3.40. The Balaban J connectivity index is 1.59. The number of nitrogens with zero attached hydrogens (tertiary/aromatic N) is 2. The molecule has 0 spiro atoms. The van der Waals surface area contributed by atoms with Crippen molar-refractivity contribution in [2.75, 3.05) is 37.5 Å². The second-order valence-corrected chi connectivity index (χ2v) is 7.02. The molecule has 0 bridgehead atoms. The van der Waals surface area contributed by atoms with Crippen molar-refractivity contribution in [3.63, 3.8) is 0 Å². The minimum atomic E-state index is 0.211. The van der Waals surface area contributed by atoms with Crippen LogP contribution in [0.2, 0.25) is 0 Å². The number of guanidine groups is 1. The van der Waals surface area contributed by atoms with E-state index in [1.807, 2.05) is 54.3 Å². The standard InChI is InChI=1S/C23H30N4O3/c1-4-30-21-15-18(10-13-20(21)29-3)26-23(24-2)25-16-17-8-11-19(12-9-17)27-14-6-5-7-22(27)28/h8-13,15H,4-7,14,16H2,1-3H3,(H2,24,25,26). The average molecular weight is 411 g/mol. The zero-order chi connectivity index (χ0) is 21.3. The Labute approximate surface area is 178 Å². The van der Waals surface area contributed by atoms with Gasteiger partial charge in [-0.2, -0.15) is 0 Å². The molecule has 0 saturated carbocycles. The number of rotatable bonds is 7. The largest absolute Gasteiger partial charge is 0.493 e. The van der Waals surface area contributed by atoms with Crippen molar-refractivity contribution < 1.29 is 14.3 Å². The number of aliphatic imine (C=N–C) groups is 1. The molecule has 1 saturated heterocycles. The quantitative estimate of drug-likeness (QED) is 0.536. The van der Waals surface area contributed by atoms with E-state index in [1.165, 1.54) is 0 Å². The van der Waals surface area contributed by atoms with Crippen LogP contribution in [0.4, 0.5) is 11.4 Å². The summed E-state index contributed by atoms with van der Waals surface area (Å²) in [4.78, 5) is 18.2. The first-order chi connectivity index (χ1) is 14.6. The van der Waals surface area contributed by atoms with E-state index >= 15 is 0 Å². The van der Waals surface area contributed by atoms with E-state index in [4.69, 9.17) is 9.47 Å². The maximum Gasteiger partial charge on any atom is 0.226 e. The van der Waals surface area contributed by atoms with Crippen molar-refractivity contribution in [2.24, 2.45) is 4.99 Å². The second kappa shape index (κ2) is 10.5. The Hall–Kier alpha value is -3.22. The number of methoxy groups -OCH3 is 1. The molecule has 7 nitrogen and oxygen atoms in total. The number of anilines is 2. The number of ether oxygens (including phenoxy) is 2. The van der Waals surface area contributed by atoms with Crippen LogP contribution in [0, 0.1) is 0 Å². The lowest BCUT2D eigenvalue weighted by Crippen LogP contribution is -2.35. The summed E-state index contributed by atoms with van der Waals surface area (Å²) in [6, 6.07) is 13.8. The molecule has 0 unspecified atom stereocenters. The summed E-state index contributed by atoms with van der Waals surface area (Å²) in [5, 5.41) is 6.58. The fourth-order valence-corrected chi connectivity index (χ4v) is 3.40. The van der Waals surface area contributed by atoms with Gasteiger partial charge in [0.15, 0.2) is 17.5 Å². The van der Waals surface area contributed by atoms with Gasteiger partial charge in [0.05, 0.1) is 13.7 Å². The van der Waals surface area contributed by atoms with Crippen molar-refractivity contribution in [1.82, 2.24) is 5.32 Å². The van der Waals surface area contributed by atoms with Crippen LogP contribution in [0.25, 0.3) is 0 Å². The zero-order valence-electron chi connectivity index (χ0n) is 17.9. The predicted molar refractivity (Wildman–Crippen MR) is 121 cm³/mol. The molecule has 2 aromatic carbocycles. The van der Waals surface area contributed by atoms with Gasteiger partial charge in [-0.3, -0.25) is 9.79 Å². The maximum atomic E-state index is 12.1.